The van der Waals surface area contributed by atoms with Crippen molar-refractivity contribution in [3.8, 4) is 23.0 Å². The van der Waals surface area contributed by atoms with Gasteiger partial charge in [0.05, 0.1) is 26.4 Å². The molecule has 0 aliphatic carbocycles. The van der Waals surface area contributed by atoms with Crippen molar-refractivity contribution >= 4 is 17.8 Å². The molecule has 0 aromatic heterocycles. The number of benzene rings is 3. The molecule has 7 nitrogen and oxygen atoms in total. The second-order valence-corrected chi connectivity index (χ2v) is 7.37. The van der Waals surface area contributed by atoms with Gasteiger partial charge in [-0.1, -0.05) is 36.4 Å². The zero-order valence-electron chi connectivity index (χ0n) is 19.1. The first-order valence-corrected chi connectivity index (χ1v) is 10.7. The number of Topliss-reactive ketones (excluding diaryl/α,β-unsaturated/α-hetero) is 1. The van der Waals surface area contributed by atoms with Crippen LogP contribution in [0.4, 0.5) is 0 Å². The summed E-state index contributed by atoms with van der Waals surface area (Å²) in [4.78, 5) is 25.4. The number of ether oxygens (including phenoxy) is 5. The number of hydrogen-bond acceptors (Lipinski definition) is 7. The maximum absolute atomic E-state index is 12.9. The molecule has 174 valence electrons. The predicted octanol–water partition coefficient (Wildman–Crippen LogP) is 5.00. The van der Waals surface area contributed by atoms with Gasteiger partial charge in [-0.2, -0.15) is 0 Å². The lowest BCUT2D eigenvalue weighted by atomic mass is 10.1. The third kappa shape index (κ3) is 4.73. The van der Waals surface area contributed by atoms with Crippen molar-refractivity contribution in [3.05, 3.63) is 89.2 Å². The summed E-state index contributed by atoms with van der Waals surface area (Å²) in [5, 5.41) is 0. The minimum atomic E-state index is -0.946. The SMILES string of the molecule is CCOC(=O)C(Oc1ccc2c(c1)OC(=Cc1ccc(OC)c(OC)c1)C2=O)c1ccccc1. The Balaban J connectivity index is 1.58. The van der Waals surface area contributed by atoms with E-state index in [-0.39, 0.29) is 18.1 Å². The summed E-state index contributed by atoms with van der Waals surface area (Å²) in [6, 6.07) is 19.2. The second-order valence-electron chi connectivity index (χ2n) is 7.37. The summed E-state index contributed by atoms with van der Waals surface area (Å²) in [5.74, 6) is 1.28. The van der Waals surface area contributed by atoms with Crippen LogP contribution in [0, 0.1) is 0 Å². The van der Waals surface area contributed by atoms with Gasteiger partial charge in [0.25, 0.3) is 0 Å². The highest BCUT2D eigenvalue weighted by Gasteiger charge is 2.29. The monoisotopic (exact) mass is 460 g/mol. The maximum Gasteiger partial charge on any atom is 0.352 e. The smallest absolute Gasteiger partial charge is 0.352 e. The van der Waals surface area contributed by atoms with Gasteiger partial charge >= 0.3 is 5.97 Å². The van der Waals surface area contributed by atoms with Gasteiger partial charge in [-0.15, -0.1) is 0 Å². The van der Waals surface area contributed by atoms with Gasteiger partial charge in [0, 0.05) is 11.6 Å². The van der Waals surface area contributed by atoms with Crippen LogP contribution >= 0.6 is 0 Å². The molecule has 0 spiro atoms. The molecule has 1 heterocycles. The van der Waals surface area contributed by atoms with Crippen molar-refractivity contribution in [2.24, 2.45) is 0 Å². The van der Waals surface area contributed by atoms with E-state index in [1.54, 1.807) is 75.8 Å². The van der Waals surface area contributed by atoms with Crippen molar-refractivity contribution in [2.45, 2.75) is 13.0 Å². The number of esters is 1. The summed E-state index contributed by atoms with van der Waals surface area (Å²) in [7, 11) is 3.10. The highest BCUT2D eigenvalue weighted by molar-refractivity contribution is 6.14. The van der Waals surface area contributed by atoms with E-state index >= 15 is 0 Å². The largest absolute Gasteiger partial charge is 0.493 e. The van der Waals surface area contributed by atoms with Crippen LogP contribution in [-0.2, 0) is 9.53 Å². The molecular formula is C27H24O7. The van der Waals surface area contributed by atoms with Crippen LogP contribution in [0.2, 0.25) is 0 Å². The Morgan fingerprint density at radius 2 is 1.74 bits per heavy atom. The van der Waals surface area contributed by atoms with E-state index in [0.29, 0.717) is 34.1 Å². The van der Waals surface area contributed by atoms with Crippen LogP contribution in [0.1, 0.15) is 34.5 Å². The first-order chi connectivity index (χ1) is 16.5. The molecule has 1 aliphatic heterocycles. The molecule has 34 heavy (non-hydrogen) atoms. The Morgan fingerprint density at radius 3 is 2.44 bits per heavy atom. The van der Waals surface area contributed by atoms with E-state index in [4.69, 9.17) is 23.7 Å². The molecular weight excluding hydrogens is 436 g/mol. The topological polar surface area (TPSA) is 80.3 Å². The number of methoxy groups -OCH3 is 2. The van der Waals surface area contributed by atoms with Crippen LogP contribution < -0.4 is 18.9 Å². The lowest BCUT2D eigenvalue weighted by molar-refractivity contribution is -0.151. The molecule has 0 saturated carbocycles. The summed E-state index contributed by atoms with van der Waals surface area (Å²) in [5.41, 5.74) is 1.79. The number of allylic oxidation sites excluding steroid dienone is 1. The second kappa shape index (κ2) is 10.1. The van der Waals surface area contributed by atoms with Gasteiger partial charge in [0.1, 0.15) is 11.5 Å². The zero-order chi connectivity index (χ0) is 24.1. The minimum absolute atomic E-state index is 0.171. The first kappa shape index (κ1) is 22.9. The van der Waals surface area contributed by atoms with E-state index in [1.165, 1.54) is 0 Å². The number of ketones is 1. The molecule has 0 N–H and O–H groups in total. The minimum Gasteiger partial charge on any atom is -0.493 e. The third-order valence-corrected chi connectivity index (χ3v) is 5.20. The lowest BCUT2D eigenvalue weighted by Crippen LogP contribution is -2.21. The fraction of sp³-hybridized carbons (Fsp3) is 0.185. The quantitative estimate of drug-likeness (QED) is 0.346. The molecule has 0 saturated heterocycles. The molecule has 0 radical (unpaired) electrons. The van der Waals surface area contributed by atoms with Crippen LogP contribution in [-0.4, -0.2) is 32.6 Å². The molecule has 1 unspecified atom stereocenters. The van der Waals surface area contributed by atoms with Gasteiger partial charge in [0.2, 0.25) is 11.9 Å². The zero-order valence-corrected chi connectivity index (χ0v) is 19.1. The van der Waals surface area contributed by atoms with Crippen LogP contribution in [0.5, 0.6) is 23.0 Å². The summed E-state index contributed by atoms with van der Waals surface area (Å²) < 4.78 is 27.6. The summed E-state index contributed by atoms with van der Waals surface area (Å²) in [6.07, 6.45) is 0.689. The van der Waals surface area contributed by atoms with Crippen molar-refractivity contribution in [2.75, 3.05) is 20.8 Å². The molecule has 1 aliphatic rings. The fourth-order valence-corrected chi connectivity index (χ4v) is 3.57. The van der Waals surface area contributed by atoms with Crippen LogP contribution in [0.25, 0.3) is 6.08 Å². The first-order valence-electron chi connectivity index (χ1n) is 10.7. The Labute approximate surface area is 197 Å². The standard InChI is InChI=1S/C27H24O7/c1-4-32-27(29)26(18-8-6-5-7-9-18)33-19-11-12-20-22(16-19)34-24(25(20)28)15-17-10-13-21(30-2)23(14-17)31-3/h5-16,26H,4H2,1-3H3. The van der Waals surface area contributed by atoms with E-state index in [9.17, 15) is 9.59 Å². The average molecular weight is 460 g/mol. The maximum atomic E-state index is 12.9. The molecule has 3 aromatic carbocycles. The highest BCUT2D eigenvalue weighted by atomic mass is 16.6. The molecule has 0 fully saturated rings. The number of hydrogen-bond donors (Lipinski definition) is 0. The van der Waals surface area contributed by atoms with Crippen LogP contribution in [0.3, 0.4) is 0 Å². The van der Waals surface area contributed by atoms with Crippen molar-refractivity contribution < 1.29 is 33.3 Å². The number of fused-ring (bicyclic) bond motifs is 1. The van der Waals surface area contributed by atoms with Gasteiger partial charge in [-0.3, -0.25) is 4.79 Å². The van der Waals surface area contributed by atoms with E-state index in [2.05, 4.69) is 0 Å². The fourth-order valence-electron chi connectivity index (χ4n) is 3.57. The predicted molar refractivity (Wildman–Crippen MR) is 125 cm³/mol. The normalized spacial score (nSPS) is 14.2. The molecule has 7 heteroatoms. The molecule has 4 rings (SSSR count). The average Bonchev–Trinajstić information content (AvgIpc) is 3.17. The Hall–Kier alpha value is -4.26. The van der Waals surface area contributed by atoms with Crippen LogP contribution in [0.15, 0.2) is 72.5 Å². The van der Waals surface area contributed by atoms with Crippen molar-refractivity contribution in [1.82, 2.24) is 0 Å². The Kier molecular flexibility index (Phi) is 6.82. The molecule has 1 atom stereocenters. The third-order valence-electron chi connectivity index (χ3n) is 5.20. The van der Waals surface area contributed by atoms with Gasteiger partial charge in [0.15, 0.2) is 17.3 Å². The molecule has 0 amide bonds. The molecule has 3 aromatic rings. The van der Waals surface area contributed by atoms with Gasteiger partial charge < -0.3 is 23.7 Å². The number of rotatable bonds is 8. The number of carbonyl (C=O) groups excluding carboxylic acids is 2. The highest BCUT2D eigenvalue weighted by Crippen LogP contribution is 2.37. The van der Waals surface area contributed by atoms with E-state index in [0.717, 1.165) is 5.56 Å². The lowest BCUT2D eigenvalue weighted by Gasteiger charge is -2.18. The van der Waals surface area contributed by atoms with E-state index < -0.39 is 12.1 Å². The molecule has 0 bridgehead atoms. The van der Waals surface area contributed by atoms with Gasteiger partial charge in [-0.25, -0.2) is 4.79 Å². The summed E-state index contributed by atoms with van der Waals surface area (Å²) >= 11 is 0. The van der Waals surface area contributed by atoms with E-state index in [1.807, 2.05) is 18.2 Å². The number of carbonyl (C=O) groups is 2. The summed E-state index contributed by atoms with van der Waals surface area (Å²) in [6.45, 7) is 1.97. The Morgan fingerprint density at radius 1 is 0.971 bits per heavy atom. The van der Waals surface area contributed by atoms with Crippen molar-refractivity contribution in [3.63, 3.8) is 0 Å². The Bertz CT molecular complexity index is 1230. The van der Waals surface area contributed by atoms with Gasteiger partial charge in [-0.05, 0) is 42.8 Å². The van der Waals surface area contributed by atoms with Crippen molar-refractivity contribution in [1.29, 1.82) is 0 Å².